The summed E-state index contributed by atoms with van der Waals surface area (Å²) in [6.45, 7) is 0.630. The van der Waals surface area contributed by atoms with Crippen molar-refractivity contribution in [2.45, 2.75) is 6.54 Å². The second-order valence-corrected chi connectivity index (χ2v) is 4.67. The molecule has 0 aliphatic carbocycles. The normalized spacial score (nSPS) is 10.2. The Morgan fingerprint density at radius 1 is 1.56 bits per heavy atom. The smallest absolute Gasteiger partial charge is 0.255 e. The van der Waals surface area contributed by atoms with Gasteiger partial charge in [-0.2, -0.15) is 15.7 Å². The highest BCUT2D eigenvalue weighted by Crippen LogP contribution is 2.26. The Kier molecular flexibility index (Phi) is 3.07. The maximum Gasteiger partial charge on any atom is 0.255 e. The second kappa shape index (κ2) is 4.50. The van der Waals surface area contributed by atoms with Gasteiger partial charge in [0.25, 0.3) is 5.91 Å². The van der Waals surface area contributed by atoms with E-state index in [9.17, 15) is 4.79 Å². The molecule has 0 unspecified atom stereocenters. The number of aromatic nitrogens is 1. The molecule has 0 aliphatic rings. The van der Waals surface area contributed by atoms with Crippen LogP contribution in [0.15, 0.2) is 16.8 Å². The number of nitrogens with one attached hydrogen (secondary N) is 1. The van der Waals surface area contributed by atoms with Crippen LogP contribution in [0.2, 0.25) is 0 Å². The minimum absolute atomic E-state index is 0.185. The number of hydrogen-bond acceptors (Lipinski definition) is 6. The molecule has 2 aromatic rings. The molecule has 16 heavy (non-hydrogen) atoms. The van der Waals surface area contributed by atoms with Gasteiger partial charge in [-0.15, -0.1) is 0 Å². The Hall–Kier alpha value is -1.60. The van der Waals surface area contributed by atoms with E-state index in [1.54, 1.807) is 11.3 Å². The van der Waals surface area contributed by atoms with Gasteiger partial charge in [0, 0.05) is 6.54 Å². The maximum absolute atomic E-state index is 11.1. The molecule has 0 fully saturated rings. The van der Waals surface area contributed by atoms with Crippen LogP contribution in [0.1, 0.15) is 15.9 Å². The molecule has 2 heterocycles. The summed E-state index contributed by atoms with van der Waals surface area (Å²) in [5.41, 5.74) is 12.2. The Labute approximate surface area is 100 Å². The average molecular weight is 254 g/mol. The molecule has 0 radical (unpaired) electrons. The minimum atomic E-state index is -0.556. The Bertz CT molecular complexity index is 492. The minimum Gasteiger partial charge on any atom is -0.382 e. The van der Waals surface area contributed by atoms with E-state index in [4.69, 9.17) is 11.5 Å². The number of nitrogens with zero attached hydrogens (tertiary/aromatic N) is 1. The lowest BCUT2D eigenvalue weighted by molar-refractivity contribution is 0.100. The van der Waals surface area contributed by atoms with Crippen LogP contribution in [0.3, 0.4) is 0 Å². The predicted molar refractivity (Wildman–Crippen MR) is 66.7 cm³/mol. The molecule has 0 saturated carbocycles. The third-order valence-electron chi connectivity index (χ3n) is 2.00. The van der Waals surface area contributed by atoms with Crippen molar-refractivity contribution in [1.29, 1.82) is 0 Å². The molecular weight excluding hydrogens is 244 g/mol. The fraction of sp³-hybridized carbons (Fsp3) is 0.111. The van der Waals surface area contributed by atoms with Crippen molar-refractivity contribution in [3.8, 4) is 0 Å². The predicted octanol–water partition coefficient (Wildman–Crippen LogP) is 1.50. The summed E-state index contributed by atoms with van der Waals surface area (Å²) in [5.74, 6) is -0.371. The summed E-state index contributed by atoms with van der Waals surface area (Å²) in [4.78, 5) is 11.1. The van der Waals surface area contributed by atoms with Gasteiger partial charge in [-0.25, -0.2) is 0 Å². The van der Waals surface area contributed by atoms with Crippen LogP contribution >= 0.6 is 22.9 Å². The summed E-state index contributed by atoms with van der Waals surface area (Å²) >= 11 is 2.76. The number of nitrogens with two attached hydrogens (primary N) is 2. The van der Waals surface area contributed by atoms with Crippen molar-refractivity contribution in [1.82, 2.24) is 4.37 Å². The van der Waals surface area contributed by atoms with E-state index in [0.29, 0.717) is 11.5 Å². The third-order valence-corrected chi connectivity index (χ3v) is 3.55. The average Bonchev–Trinajstić information content (AvgIpc) is 2.83. The molecule has 1 amide bonds. The van der Waals surface area contributed by atoms with Crippen LogP contribution in [0.4, 0.5) is 10.8 Å². The van der Waals surface area contributed by atoms with Crippen molar-refractivity contribution in [2.75, 3.05) is 11.1 Å². The molecular formula is C9H10N4OS2. The van der Waals surface area contributed by atoms with Crippen LogP contribution in [-0.2, 0) is 6.54 Å². The first-order valence-corrected chi connectivity index (χ1v) is 6.20. The molecule has 7 heteroatoms. The zero-order valence-corrected chi connectivity index (χ0v) is 9.90. The molecule has 0 aliphatic heterocycles. The van der Waals surface area contributed by atoms with E-state index in [0.717, 1.165) is 17.1 Å². The van der Waals surface area contributed by atoms with Crippen LogP contribution in [-0.4, -0.2) is 10.3 Å². The van der Waals surface area contributed by atoms with Crippen molar-refractivity contribution in [3.05, 3.63) is 28.0 Å². The second-order valence-electron chi connectivity index (χ2n) is 3.12. The molecule has 5 N–H and O–H groups in total. The van der Waals surface area contributed by atoms with Gasteiger partial charge >= 0.3 is 0 Å². The van der Waals surface area contributed by atoms with E-state index in [1.165, 1.54) is 0 Å². The van der Waals surface area contributed by atoms with Gasteiger partial charge in [-0.3, -0.25) is 4.79 Å². The lowest BCUT2D eigenvalue weighted by Crippen LogP contribution is -2.14. The van der Waals surface area contributed by atoms with Gasteiger partial charge in [0.2, 0.25) is 0 Å². The SMILES string of the molecule is NC(=O)c1c(N)nsc1NCc1ccsc1. The number of carbonyl (C=O) groups excluding carboxylic acids is 1. The number of hydrogen-bond donors (Lipinski definition) is 3. The fourth-order valence-electron chi connectivity index (χ4n) is 1.24. The number of thiophene rings is 1. The van der Waals surface area contributed by atoms with Crippen molar-refractivity contribution >= 4 is 39.6 Å². The largest absolute Gasteiger partial charge is 0.382 e. The van der Waals surface area contributed by atoms with Crippen LogP contribution in [0.5, 0.6) is 0 Å². The van der Waals surface area contributed by atoms with Gasteiger partial charge in [-0.05, 0) is 33.9 Å². The van der Waals surface area contributed by atoms with E-state index in [1.807, 2.05) is 16.8 Å². The Morgan fingerprint density at radius 2 is 2.38 bits per heavy atom. The van der Waals surface area contributed by atoms with Crippen molar-refractivity contribution < 1.29 is 4.79 Å². The van der Waals surface area contributed by atoms with Crippen molar-refractivity contribution in [3.63, 3.8) is 0 Å². The zero-order chi connectivity index (χ0) is 11.5. The first-order chi connectivity index (χ1) is 7.68. The molecule has 2 aromatic heterocycles. The van der Waals surface area contributed by atoms with E-state index in [2.05, 4.69) is 9.69 Å². The standard InChI is InChI=1S/C9H10N4OS2/c10-7-6(8(11)14)9(16-13-7)12-3-5-1-2-15-4-5/h1-2,4,12H,3H2,(H2,10,13)(H2,11,14). The lowest BCUT2D eigenvalue weighted by atomic mass is 10.3. The Balaban J connectivity index is 2.13. The van der Waals surface area contributed by atoms with Gasteiger partial charge in [0.1, 0.15) is 10.6 Å². The third kappa shape index (κ3) is 2.15. The number of carbonyl (C=O) groups is 1. The number of rotatable bonds is 4. The van der Waals surface area contributed by atoms with Crippen LogP contribution in [0.25, 0.3) is 0 Å². The van der Waals surface area contributed by atoms with Crippen molar-refractivity contribution in [2.24, 2.45) is 5.73 Å². The van der Waals surface area contributed by atoms with Crippen LogP contribution < -0.4 is 16.8 Å². The van der Waals surface area contributed by atoms with Gasteiger partial charge in [-0.1, -0.05) is 0 Å². The summed E-state index contributed by atoms with van der Waals surface area (Å²) in [7, 11) is 0. The summed E-state index contributed by atoms with van der Waals surface area (Å²) in [5, 5.41) is 7.74. The zero-order valence-electron chi connectivity index (χ0n) is 8.27. The monoisotopic (exact) mass is 254 g/mol. The molecule has 0 spiro atoms. The molecule has 0 bridgehead atoms. The van der Waals surface area contributed by atoms with E-state index >= 15 is 0 Å². The fourth-order valence-corrected chi connectivity index (χ4v) is 2.62. The number of anilines is 2. The summed E-state index contributed by atoms with van der Waals surface area (Å²) in [6, 6.07) is 2.01. The Morgan fingerprint density at radius 3 is 3.00 bits per heavy atom. The first-order valence-electron chi connectivity index (χ1n) is 4.48. The lowest BCUT2D eigenvalue weighted by Gasteiger charge is -2.03. The number of primary amides is 1. The van der Waals surface area contributed by atoms with E-state index in [-0.39, 0.29) is 11.4 Å². The van der Waals surface area contributed by atoms with Gasteiger partial charge in [0.05, 0.1) is 0 Å². The first kappa shape index (κ1) is 10.9. The molecule has 2 rings (SSSR count). The molecule has 0 saturated heterocycles. The maximum atomic E-state index is 11.1. The highest BCUT2D eigenvalue weighted by Gasteiger charge is 2.16. The molecule has 5 nitrogen and oxygen atoms in total. The molecule has 84 valence electrons. The van der Waals surface area contributed by atoms with E-state index < -0.39 is 5.91 Å². The van der Waals surface area contributed by atoms with Crippen LogP contribution in [0, 0.1) is 0 Å². The highest BCUT2D eigenvalue weighted by atomic mass is 32.1. The highest BCUT2D eigenvalue weighted by molar-refractivity contribution is 7.11. The summed E-state index contributed by atoms with van der Waals surface area (Å²) in [6.07, 6.45) is 0. The number of amides is 1. The molecule has 0 atom stereocenters. The van der Waals surface area contributed by atoms with Gasteiger partial charge < -0.3 is 16.8 Å². The quantitative estimate of drug-likeness (QED) is 0.770. The number of nitrogen functional groups attached to an aromatic ring is 1. The van der Waals surface area contributed by atoms with Gasteiger partial charge in [0.15, 0.2) is 5.82 Å². The topological polar surface area (TPSA) is 94.0 Å². The summed E-state index contributed by atoms with van der Waals surface area (Å²) < 4.78 is 3.90. The molecule has 0 aromatic carbocycles.